The molecule has 4 aliphatic rings. The van der Waals surface area contributed by atoms with Gasteiger partial charge in [-0.05, 0) is 56.6 Å². The molecule has 0 aromatic carbocycles. The van der Waals surface area contributed by atoms with Crippen molar-refractivity contribution < 1.29 is 24.2 Å². The molecule has 4 unspecified atom stereocenters. The first kappa shape index (κ1) is 20.2. The first-order chi connectivity index (χ1) is 13.0. The highest BCUT2D eigenvalue weighted by molar-refractivity contribution is 6.29. The number of rotatable bonds is 2. The van der Waals surface area contributed by atoms with E-state index in [-0.39, 0.29) is 29.9 Å². The summed E-state index contributed by atoms with van der Waals surface area (Å²) in [5, 5.41) is 22.6. The van der Waals surface area contributed by atoms with Crippen LogP contribution in [0, 0.1) is 28.6 Å². The first-order valence-electron chi connectivity index (χ1n) is 10.1. The zero-order valence-corrected chi connectivity index (χ0v) is 17.3. The SMILES string of the molecule is C[C@H]1CC2C3CCC4=CC(=O)C=CC4(C)[C@@]3(F)[C@@H](O)CC2(C)[C@@]1(O)C(=O)CCl. The summed E-state index contributed by atoms with van der Waals surface area (Å²) in [4.78, 5) is 24.5. The molecule has 154 valence electrons. The fourth-order valence-corrected chi connectivity index (χ4v) is 7.45. The zero-order chi connectivity index (χ0) is 20.7. The highest BCUT2D eigenvalue weighted by Crippen LogP contribution is 2.70. The molecule has 2 N–H and O–H groups in total. The topological polar surface area (TPSA) is 74.6 Å². The Morgan fingerprint density at radius 1 is 1.36 bits per heavy atom. The number of Topliss-reactive ketones (excluding diaryl/α,β-unsaturated/α-hetero) is 1. The van der Waals surface area contributed by atoms with Crippen LogP contribution in [0.1, 0.15) is 46.5 Å². The van der Waals surface area contributed by atoms with Crippen LogP contribution in [0.25, 0.3) is 0 Å². The molecule has 0 saturated heterocycles. The van der Waals surface area contributed by atoms with Crippen LogP contribution in [0.4, 0.5) is 4.39 Å². The number of alkyl halides is 2. The van der Waals surface area contributed by atoms with Gasteiger partial charge in [0.05, 0.1) is 12.0 Å². The van der Waals surface area contributed by atoms with E-state index < -0.39 is 39.9 Å². The Hall–Kier alpha value is -1.04. The monoisotopic (exact) mass is 410 g/mol. The Bertz CT molecular complexity index is 808. The lowest BCUT2D eigenvalue weighted by atomic mass is 9.44. The maximum Gasteiger partial charge on any atom is 0.179 e. The van der Waals surface area contributed by atoms with Crippen molar-refractivity contribution in [1.29, 1.82) is 0 Å². The van der Waals surface area contributed by atoms with Crippen molar-refractivity contribution in [2.75, 3.05) is 5.88 Å². The highest BCUT2D eigenvalue weighted by atomic mass is 35.5. The second-order valence-electron chi connectivity index (χ2n) is 9.72. The number of allylic oxidation sites excluding steroid dienone is 4. The van der Waals surface area contributed by atoms with Crippen LogP contribution in [-0.2, 0) is 9.59 Å². The number of hydrogen-bond donors (Lipinski definition) is 2. The van der Waals surface area contributed by atoms with Gasteiger partial charge in [-0.2, -0.15) is 0 Å². The van der Waals surface area contributed by atoms with E-state index >= 15 is 4.39 Å². The number of halogens is 2. The molecular formula is C22H28ClFO4. The molecule has 4 nitrogen and oxygen atoms in total. The third-order valence-electron chi connectivity index (χ3n) is 8.77. The Kier molecular flexibility index (Phi) is 4.33. The Morgan fingerprint density at radius 3 is 2.68 bits per heavy atom. The number of carbonyl (C=O) groups is 2. The van der Waals surface area contributed by atoms with Crippen molar-refractivity contribution in [2.24, 2.45) is 28.6 Å². The Labute approximate surface area is 169 Å². The van der Waals surface area contributed by atoms with Crippen molar-refractivity contribution in [2.45, 2.75) is 63.8 Å². The number of ketones is 2. The number of aliphatic hydroxyl groups excluding tert-OH is 1. The van der Waals surface area contributed by atoms with Crippen LogP contribution >= 0.6 is 11.6 Å². The van der Waals surface area contributed by atoms with Crippen LogP contribution < -0.4 is 0 Å². The van der Waals surface area contributed by atoms with E-state index in [1.54, 1.807) is 13.0 Å². The minimum Gasteiger partial charge on any atom is -0.390 e. The molecular weight excluding hydrogens is 383 g/mol. The maximum atomic E-state index is 16.9. The summed E-state index contributed by atoms with van der Waals surface area (Å²) in [6.07, 6.45) is 4.69. The van der Waals surface area contributed by atoms with Crippen LogP contribution in [-0.4, -0.2) is 45.0 Å². The number of hydrogen-bond acceptors (Lipinski definition) is 4. The molecule has 0 aromatic rings. The van der Waals surface area contributed by atoms with Gasteiger partial charge in [0.25, 0.3) is 0 Å². The van der Waals surface area contributed by atoms with Gasteiger partial charge in [0.2, 0.25) is 0 Å². The van der Waals surface area contributed by atoms with Gasteiger partial charge in [-0.3, -0.25) is 9.59 Å². The predicted molar refractivity (Wildman–Crippen MR) is 104 cm³/mol. The van der Waals surface area contributed by atoms with Crippen molar-refractivity contribution in [3.63, 3.8) is 0 Å². The molecule has 0 aromatic heterocycles. The van der Waals surface area contributed by atoms with Crippen molar-refractivity contribution in [3.05, 3.63) is 23.8 Å². The molecule has 4 aliphatic carbocycles. The lowest BCUT2D eigenvalue weighted by Crippen LogP contribution is -2.69. The van der Waals surface area contributed by atoms with E-state index in [0.717, 1.165) is 5.57 Å². The van der Waals surface area contributed by atoms with E-state index in [0.29, 0.717) is 19.3 Å². The van der Waals surface area contributed by atoms with Crippen LogP contribution in [0.2, 0.25) is 0 Å². The maximum absolute atomic E-state index is 16.9. The minimum atomic E-state index is -1.95. The molecule has 28 heavy (non-hydrogen) atoms. The third kappa shape index (κ3) is 2.08. The number of fused-ring (bicyclic) bond motifs is 5. The third-order valence-corrected chi connectivity index (χ3v) is 9.01. The molecule has 0 spiro atoms. The Morgan fingerprint density at radius 2 is 2.04 bits per heavy atom. The minimum absolute atomic E-state index is 0.0151. The zero-order valence-electron chi connectivity index (χ0n) is 16.5. The molecule has 0 heterocycles. The summed E-state index contributed by atoms with van der Waals surface area (Å²) >= 11 is 5.81. The second kappa shape index (κ2) is 5.99. The molecule has 8 atom stereocenters. The molecule has 3 saturated carbocycles. The fourth-order valence-electron chi connectivity index (χ4n) is 7.24. The quantitative estimate of drug-likeness (QED) is 0.686. The summed E-state index contributed by atoms with van der Waals surface area (Å²) in [5.41, 5.74) is -4.90. The van der Waals surface area contributed by atoms with Crippen LogP contribution in [0.15, 0.2) is 23.8 Å². The van der Waals surface area contributed by atoms with E-state index in [2.05, 4.69) is 0 Å². The van der Waals surface area contributed by atoms with Gasteiger partial charge >= 0.3 is 0 Å². The second-order valence-corrected chi connectivity index (χ2v) is 9.99. The van der Waals surface area contributed by atoms with Crippen LogP contribution in [0.3, 0.4) is 0 Å². The van der Waals surface area contributed by atoms with E-state index in [4.69, 9.17) is 11.6 Å². The molecule has 6 heteroatoms. The van der Waals surface area contributed by atoms with Gasteiger partial charge in [-0.15, -0.1) is 11.6 Å². The van der Waals surface area contributed by atoms with Crippen molar-refractivity contribution in [3.8, 4) is 0 Å². The standard InChI is InChI=1S/C22H28ClFO4/c1-12-8-16-15-5-4-13-9-14(25)6-7-19(13,2)21(15,24)17(26)10-20(16,3)22(12,28)18(27)11-23/h6-7,9,12,15-17,26,28H,4-5,8,10-11H2,1-3H3/t12-,15?,16?,17-,19?,20?,21-,22-/m0/s1. The van der Waals surface area contributed by atoms with Crippen LogP contribution in [0.5, 0.6) is 0 Å². The summed E-state index contributed by atoms with van der Waals surface area (Å²) in [5.74, 6) is -2.03. The van der Waals surface area contributed by atoms with Gasteiger partial charge in [-0.1, -0.05) is 25.5 Å². The Balaban J connectivity index is 1.84. The summed E-state index contributed by atoms with van der Waals surface area (Å²) in [6, 6.07) is 0. The molecule has 0 radical (unpaired) electrons. The highest BCUT2D eigenvalue weighted by Gasteiger charge is 2.75. The summed E-state index contributed by atoms with van der Waals surface area (Å²) < 4.78 is 16.9. The lowest BCUT2D eigenvalue weighted by Gasteiger charge is -2.62. The average molecular weight is 411 g/mol. The summed E-state index contributed by atoms with van der Waals surface area (Å²) in [6.45, 7) is 5.38. The molecule has 0 amide bonds. The number of aliphatic hydroxyl groups is 2. The summed E-state index contributed by atoms with van der Waals surface area (Å²) in [7, 11) is 0. The molecule has 4 rings (SSSR count). The smallest absolute Gasteiger partial charge is 0.179 e. The fraction of sp³-hybridized carbons (Fsp3) is 0.727. The van der Waals surface area contributed by atoms with E-state index in [9.17, 15) is 19.8 Å². The van der Waals surface area contributed by atoms with Gasteiger partial charge in [0, 0.05) is 16.7 Å². The molecule has 0 bridgehead atoms. The lowest BCUT2D eigenvalue weighted by molar-refractivity contribution is -0.218. The average Bonchev–Trinajstić information content (AvgIpc) is 2.84. The molecule has 0 aliphatic heterocycles. The van der Waals surface area contributed by atoms with Gasteiger partial charge < -0.3 is 10.2 Å². The predicted octanol–water partition coefficient (Wildman–Crippen LogP) is 3.14. The number of carbonyl (C=O) groups excluding carboxylic acids is 2. The van der Waals surface area contributed by atoms with Crippen molar-refractivity contribution in [1.82, 2.24) is 0 Å². The van der Waals surface area contributed by atoms with E-state index in [1.807, 2.05) is 13.8 Å². The van der Waals surface area contributed by atoms with Gasteiger partial charge in [-0.25, -0.2) is 4.39 Å². The van der Waals surface area contributed by atoms with Gasteiger partial charge in [0.15, 0.2) is 17.2 Å². The van der Waals surface area contributed by atoms with Gasteiger partial charge in [0.1, 0.15) is 5.60 Å². The molecule has 3 fully saturated rings. The van der Waals surface area contributed by atoms with E-state index in [1.165, 1.54) is 12.2 Å². The normalized spacial score (nSPS) is 52.5. The van der Waals surface area contributed by atoms with Crippen molar-refractivity contribution >= 4 is 23.2 Å². The first-order valence-corrected chi connectivity index (χ1v) is 10.6. The largest absolute Gasteiger partial charge is 0.390 e.